The molecule has 0 bridgehead atoms. The lowest BCUT2D eigenvalue weighted by molar-refractivity contribution is 0.450. The van der Waals surface area contributed by atoms with Crippen molar-refractivity contribution >= 4 is 11.6 Å². The number of aryl methyl sites for hydroxylation is 1. The maximum Gasteiger partial charge on any atom is 0.219 e. The van der Waals surface area contributed by atoms with Crippen molar-refractivity contribution in [2.45, 2.75) is 45.5 Å². The van der Waals surface area contributed by atoms with Gasteiger partial charge in [0.25, 0.3) is 0 Å². The number of halogens is 1. The van der Waals surface area contributed by atoms with E-state index in [9.17, 15) is 0 Å². The molecule has 0 saturated carbocycles. The van der Waals surface area contributed by atoms with Crippen LogP contribution in [0.3, 0.4) is 0 Å². The van der Waals surface area contributed by atoms with E-state index in [-0.39, 0.29) is 5.41 Å². The number of nitrogens with zero attached hydrogens (tertiary/aromatic N) is 3. The highest BCUT2D eigenvalue weighted by Gasteiger charge is 2.18. The van der Waals surface area contributed by atoms with Crippen LogP contribution in [-0.2, 0) is 17.8 Å². The third-order valence-electron chi connectivity index (χ3n) is 2.94. The average molecular weight is 294 g/mol. The second kappa shape index (κ2) is 5.83. The molecule has 2 aromatic heterocycles. The van der Waals surface area contributed by atoms with Crippen LogP contribution in [0.4, 0.5) is 0 Å². The van der Waals surface area contributed by atoms with Crippen molar-refractivity contribution in [1.82, 2.24) is 14.8 Å². The van der Waals surface area contributed by atoms with Gasteiger partial charge in [0.05, 0.1) is 18.1 Å². The van der Waals surface area contributed by atoms with Crippen molar-refractivity contribution < 1.29 is 4.74 Å². The first-order valence-corrected chi connectivity index (χ1v) is 7.23. The lowest BCUT2D eigenvalue weighted by Gasteiger charge is -2.19. The Labute approximate surface area is 124 Å². The summed E-state index contributed by atoms with van der Waals surface area (Å²) in [7, 11) is 0. The summed E-state index contributed by atoms with van der Waals surface area (Å²) in [6, 6.07) is 3.89. The molecule has 0 atom stereocenters. The van der Waals surface area contributed by atoms with Crippen LogP contribution >= 0.6 is 11.6 Å². The van der Waals surface area contributed by atoms with Gasteiger partial charge >= 0.3 is 0 Å². The van der Waals surface area contributed by atoms with Crippen molar-refractivity contribution in [3.63, 3.8) is 0 Å². The molecule has 0 aromatic carbocycles. The van der Waals surface area contributed by atoms with Crippen LogP contribution in [0.1, 0.15) is 39.0 Å². The largest absolute Gasteiger partial charge is 0.436 e. The molecule has 0 aliphatic heterocycles. The van der Waals surface area contributed by atoms with E-state index in [4.69, 9.17) is 16.3 Å². The number of hydrogen-bond donors (Lipinski definition) is 0. The van der Waals surface area contributed by atoms with Gasteiger partial charge in [0.15, 0.2) is 5.75 Å². The molecule has 0 amide bonds. The highest BCUT2D eigenvalue weighted by molar-refractivity contribution is 6.17. The Bertz CT molecular complexity index is 587. The summed E-state index contributed by atoms with van der Waals surface area (Å²) < 4.78 is 7.60. The SMILES string of the molecule is CCn1cc(Oc2cc(CCl)cc(C(C)(C)C)n2)cn1. The molecular formula is C15H20ClN3O. The summed E-state index contributed by atoms with van der Waals surface area (Å²) in [5.74, 6) is 1.69. The van der Waals surface area contributed by atoms with Gasteiger partial charge in [0, 0.05) is 23.9 Å². The number of alkyl halides is 1. The number of aromatic nitrogens is 3. The Hall–Kier alpha value is -1.55. The summed E-state index contributed by atoms with van der Waals surface area (Å²) >= 11 is 5.95. The third-order valence-corrected chi connectivity index (χ3v) is 3.25. The van der Waals surface area contributed by atoms with Crippen LogP contribution < -0.4 is 4.74 Å². The second-order valence-electron chi connectivity index (χ2n) is 5.72. The maximum atomic E-state index is 5.95. The quantitative estimate of drug-likeness (QED) is 0.796. The van der Waals surface area contributed by atoms with E-state index < -0.39 is 0 Å². The number of rotatable bonds is 4. The van der Waals surface area contributed by atoms with Gasteiger partial charge in [-0.15, -0.1) is 11.6 Å². The Morgan fingerprint density at radius 1 is 1.30 bits per heavy atom. The molecule has 0 aliphatic carbocycles. The molecule has 0 spiro atoms. The number of ether oxygens (including phenoxy) is 1. The molecule has 2 rings (SSSR count). The normalized spacial score (nSPS) is 11.7. The maximum absolute atomic E-state index is 5.95. The fraction of sp³-hybridized carbons (Fsp3) is 0.467. The van der Waals surface area contributed by atoms with E-state index >= 15 is 0 Å². The fourth-order valence-electron chi connectivity index (χ4n) is 1.76. The van der Waals surface area contributed by atoms with Crippen molar-refractivity contribution in [1.29, 1.82) is 0 Å². The van der Waals surface area contributed by atoms with Gasteiger partial charge in [-0.3, -0.25) is 4.68 Å². The molecule has 2 aromatic rings. The Balaban J connectivity index is 2.31. The van der Waals surface area contributed by atoms with E-state index in [1.807, 2.05) is 29.9 Å². The molecule has 5 heteroatoms. The summed E-state index contributed by atoms with van der Waals surface area (Å²) in [5.41, 5.74) is 1.92. The Kier molecular flexibility index (Phi) is 4.33. The van der Waals surface area contributed by atoms with Gasteiger partial charge in [-0.25, -0.2) is 4.98 Å². The van der Waals surface area contributed by atoms with Crippen LogP contribution in [0.5, 0.6) is 11.6 Å². The predicted octanol–water partition coefficient (Wildman–Crippen LogP) is 4.13. The topological polar surface area (TPSA) is 39.9 Å². The average Bonchev–Trinajstić information content (AvgIpc) is 2.85. The first kappa shape index (κ1) is 14.9. The summed E-state index contributed by atoms with van der Waals surface area (Å²) in [6.07, 6.45) is 3.54. The van der Waals surface area contributed by atoms with E-state index in [0.29, 0.717) is 17.5 Å². The van der Waals surface area contributed by atoms with E-state index in [1.54, 1.807) is 6.20 Å². The summed E-state index contributed by atoms with van der Waals surface area (Å²) in [4.78, 5) is 4.57. The van der Waals surface area contributed by atoms with Gasteiger partial charge in [-0.2, -0.15) is 5.10 Å². The monoisotopic (exact) mass is 293 g/mol. The molecule has 0 radical (unpaired) electrons. The molecular weight excluding hydrogens is 274 g/mol. The summed E-state index contributed by atoms with van der Waals surface area (Å²) in [6.45, 7) is 9.19. The standard InChI is InChI=1S/C15H20ClN3O/c1-5-19-10-12(9-17-19)20-14-7-11(8-16)6-13(18-14)15(2,3)4/h6-7,9-10H,5,8H2,1-4H3. The number of pyridine rings is 1. The minimum Gasteiger partial charge on any atom is -0.436 e. The molecule has 108 valence electrons. The lowest BCUT2D eigenvalue weighted by atomic mass is 9.91. The van der Waals surface area contributed by atoms with Crippen LogP contribution in [0.2, 0.25) is 0 Å². The molecule has 0 aliphatic rings. The van der Waals surface area contributed by atoms with E-state index in [1.165, 1.54) is 0 Å². The number of hydrogen-bond acceptors (Lipinski definition) is 3. The van der Waals surface area contributed by atoms with Gasteiger partial charge in [0.1, 0.15) is 0 Å². The van der Waals surface area contributed by atoms with Crippen LogP contribution in [0, 0.1) is 0 Å². The zero-order valence-corrected chi connectivity index (χ0v) is 13.1. The minimum atomic E-state index is -0.0478. The van der Waals surface area contributed by atoms with Gasteiger partial charge in [-0.05, 0) is 18.6 Å². The molecule has 2 heterocycles. The smallest absolute Gasteiger partial charge is 0.219 e. The van der Waals surface area contributed by atoms with Crippen molar-refractivity contribution in [2.75, 3.05) is 0 Å². The molecule has 0 N–H and O–H groups in total. The lowest BCUT2D eigenvalue weighted by Crippen LogP contribution is -2.14. The van der Waals surface area contributed by atoms with E-state index in [2.05, 4.69) is 30.9 Å². The third kappa shape index (κ3) is 3.51. The molecule has 4 nitrogen and oxygen atoms in total. The fourth-order valence-corrected chi connectivity index (χ4v) is 1.92. The van der Waals surface area contributed by atoms with Crippen LogP contribution in [-0.4, -0.2) is 14.8 Å². The first-order chi connectivity index (χ1) is 9.42. The van der Waals surface area contributed by atoms with Gasteiger partial charge in [0.2, 0.25) is 5.88 Å². The van der Waals surface area contributed by atoms with Crippen molar-refractivity contribution in [2.24, 2.45) is 0 Å². The van der Waals surface area contributed by atoms with Crippen molar-refractivity contribution in [3.05, 3.63) is 35.8 Å². The second-order valence-corrected chi connectivity index (χ2v) is 5.98. The highest BCUT2D eigenvalue weighted by atomic mass is 35.5. The highest BCUT2D eigenvalue weighted by Crippen LogP contribution is 2.27. The molecule has 0 saturated heterocycles. The minimum absolute atomic E-state index is 0.0478. The Morgan fingerprint density at radius 3 is 2.60 bits per heavy atom. The first-order valence-electron chi connectivity index (χ1n) is 6.70. The van der Waals surface area contributed by atoms with Crippen LogP contribution in [0.15, 0.2) is 24.5 Å². The molecule has 20 heavy (non-hydrogen) atoms. The van der Waals surface area contributed by atoms with Gasteiger partial charge in [-0.1, -0.05) is 20.8 Å². The van der Waals surface area contributed by atoms with Crippen LogP contribution in [0.25, 0.3) is 0 Å². The molecule has 0 fully saturated rings. The predicted molar refractivity (Wildman–Crippen MR) is 80.5 cm³/mol. The summed E-state index contributed by atoms with van der Waals surface area (Å²) in [5, 5.41) is 4.18. The zero-order chi connectivity index (χ0) is 14.8. The molecule has 0 unspecified atom stereocenters. The van der Waals surface area contributed by atoms with Gasteiger partial charge < -0.3 is 4.74 Å². The van der Waals surface area contributed by atoms with Crippen molar-refractivity contribution in [3.8, 4) is 11.6 Å². The van der Waals surface area contributed by atoms with E-state index in [0.717, 1.165) is 17.8 Å². The zero-order valence-electron chi connectivity index (χ0n) is 12.4. The Morgan fingerprint density at radius 2 is 2.05 bits per heavy atom.